The summed E-state index contributed by atoms with van der Waals surface area (Å²) in [6, 6.07) is 10.6. The fraction of sp³-hybridized carbons (Fsp3) is 0.600. The van der Waals surface area contributed by atoms with Gasteiger partial charge in [-0.15, -0.1) is 0 Å². The van der Waals surface area contributed by atoms with Crippen LogP contribution in [0.1, 0.15) is 18.4 Å². The number of likely N-dealkylation sites (tertiary alicyclic amines) is 1. The number of aliphatic hydroxyl groups is 1. The molecule has 0 radical (unpaired) electrons. The van der Waals surface area contributed by atoms with E-state index in [4.69, 9.17) is 0 Å². The van der Waals surface area contributed by atoms with E-state index < -0.39 is 0 Å². The number of piperidine rings is 1. The second-order valence-electron chi connectivity index (χ2n) is 5.79. The number of nitrogens with one attached hydrogen (secondary N) is 1. The molecule has 2 unspecified atom stereocenters. The molecule has 2 aliphatic heterocycles. The minimum Gasteiger partial charge on any atom is -0.392 e. The SMILES string of the molecule is OC1CCN(Cc2ccccc2)CC12CCNC2. The number of hydrogen-bond donors (Lipinski definition) is 2. The molecule has 0 bridgehead atoms. The van der Waals surface area contributed by atoms with Crippen LogP contribution in [0, 0.1) is 5.41 Å². The maximum Gasteiger partial charge on any atom is 0.0633 e. The number of aliphatic hydroxyl groups excluding tert-OH is 1. The molecule has 18 heavy (non-hydrogen) atoms. The summed E-state index contributed by atoms with van der Waals surface area (Å²) >= 11 is 0. The summed E-state index contributed by atoms with van der Waals surface area (Å²) in [5, 5.41) is 13.7. The lowest BCUT2D eigenvalue weighted by molar-refractivity contribution is -0.0370. The average Bonchev–Trinajstić information content (AvgIpc) is 2.85. The standard InChI is InChI=1S/C15H22N2O/c18-14-6-9-17(10-13-4-2-1-3-5-13)12-15(14)7-8-16-11-15/h1-5,14,16,18H,6-12H2. The molecule has 3 nitrogen and oxygen atoms in total. The summed E-state index contributed by atoms with van der Waals surface area (Å²) in [6.07, 6.45) is 1.90. The molecule has 0 aromatic heterocycles. The Bertz CT molecular complexity index is 387. The predicted octanol–water partition coefficient (Wildman–Crippen LogP) is 1.23. The first-order valence-electron chi connectivity index (χ1n) is 6.94. The Labute approximate surface area is 109 Å². The topological polar surface area (TPSA) is 35.5 Å². The molecule has 2 saturated heterocycles. The molecular weight excluding hydrogens is 224 g/mol. The third kappa shape index (κ3) is 2.30. The molecule has 0 saturated carbocycles. The maximum atomic E-state index is 10.3. The van der Waals surface area contributed by atoms with E-state index in [0.29, 0.717) is 0 Å². The van der Waals surface area contributed by atoms with Gasteiger partial charge in [0.1, 0.15) is 0 Å². The lowest BCUT2D eigenvalue weighted by Crippen LogP contribution is -2.52. The second-order valence-corrected chi connectivity index (χ2v) is 5.79. The highest BCUT2D eigenvalue weighted by atomic mass is 16.3. The number of hydrogen-bond acceptors (Lipinski definition) is 3. The highest BCUT2D eigenvalue weighted by Crippen LogP contribution is 2.36. The van der Waals surface area contributed by atoms with Gasteiger partial charge in [-0.3, -0.25) is 4.90 Å². The molecular formula is C15H22N2O. The Morgan fingerprint density at radius 3 is 2.89 bits per heavy atom. The van der Waals surface area contributed by atoms with Gasteiger partial charge in [-0.2, -0.15) is 0 Å². The third-order valence-corrected chi connectivity index (χ3v) is 4.49. The van der Waals surface area contributed by atoms with Crippen LogP contribution in [0.3, 0.4) is 0 Å². The predicted molar refractivity (Wildman–Crippen MR) is 72.3 cm³/mol. The zero-order valence-corrected chi connectivity index (χ0v) is 10.8. The molecule has 2 aliphatic rings. The fourth-order valence-electron chi connectivity index (χ4n) is 3.40. The zero-order valence-electron chi connectivity index (χ0n) is 10.8. The van der Waals surface area contributed by atoms with Crippen molar-refractivity contribution in [3.05, 3.63) is 35.9 Å². The van der Waals surface area contributed by atoms with Crippen LogP contribution in [0.2, 0.25) is 0 Å². The summed E-state index contributed by atoms with van der Waals surface area (Å²) < 4.78 is 0. The van der Waals surface area contributed by atoms with Crippen LogP contribution in [0.5, 0.6) is 0 Å². The molecule has 0 aliphatic carbocycles. The van der Waals surface area contributed by atoms with Crippen molar-refractivity contribution >= 4 is 0 Å². The van der Waals surface area contributed by atoms with E-state index in [9.17, 15) is 5.11 Å². The number of rotatable bonds is 2. The molecule has 1 aromatic rings. The van der Waals surface area contributed by atoms with Crippen molar-refractivity contribution in [1.82, 2.24) is 10.2 Å². The fourth-order valence-corrected chi connectivity index (χ4v) is 3.40. The van der Waals surface area contributed by atoms with Gasteiger partial charge in [0.15, 0.2) is 0 Å². The van der Waals surface area contributed by atoms with Gasteiger partial charge in [-0.05, 0) is 24.9 Å². The van der Waals surface area contributed by atoms with Crippen LogP contribution in [-0.4, -0.2) is 42.3 Å². The monoisotopic (exact) mass is 246 g/mol. The smallest absolute Gasteiger partial charge is 0.0633 e. The molecule has 98 valence electrons. The molecule has 2 fully saturated rings. The molecule has 2 heterocycles. The highest BCUT2D eigenvalue weighted by molar-refractivity contribution is 5.15. The first kappa shape index (κ1) is 12.2. The van der Waals surface area contributed by atoms with Gasteiger partial charge < -0.3 is 10.4 Å². The highest BCUT2D eigenvalue weighted by Gasteiger charge is 2.44. The van der Waals surface area contributed by atoms with Crippen LogP contribution in [0.15, 0.2) is 30.3 Å². The molecule has 3 rings (SSSR count). The summed E-state index contributed by atoms with van der Waals surface area (Å²) in [7, 11) is 0. The van der Waals surface area contributed by atoms with Crippen LogP contribution in [-0.2, 0) is 6.54 Å². The quantitative estimate of drug-likeness (QED) is 0.824. The van der Waals surface area contributed by atoms with Gasteiger partial charge in [0.2, 0.25) is 0 Å². The van der Waals surface area contributed by atoms with Crippen molar-refractivity contribution in [2.75, 3.05) is 26.2 Å². The number of nitrogens with zero attached hydrogens (tertiary/aromatic N) is 1. The van der Waals surface area contributed by atoms with Crippen LogP contribution in [0.25, 0.3) is 0 Å². The van der Waals surface area contributed by atoms with Gasteiger partial charge in [-0.1, -0.05) is 30.3 Å². The van der Waals surface area contributed by atoms with Gasteiger partial charge in [0.05, 0.1) is 6.10 Å². The number of benzene rings is 1. The first-order chi connectivity index (χ1) is 8.78. The van der Waals surface area contributed by atoms with E-state index in [2.05, 4.69) is 40.5 Å². The van der Waals surface area contributed by atoms with E-state index >= 15 is 0 Å². The molecule has 1 aromatic carbocycles. The van der Waals surface area contributed by atoms with Crippen molar-refractivity contribution in [2.24, 2.45) is 5.41 Å². The lowest BCUT2D eigenvalue weighted by atomic mass is 9.76. The van der Waals surface area contributed by atoms with E-state index in [-0.39, 0.29) is 11.5 Å². The van der Waals surface area contributed by atoms with Crippen molar-refractivity contribution in [3.63, 3.8) is 0 Å². The Morgan fingerprint density at radius 2 is 2.17 bits per heavy atom. The lowest BCUT2D eigenvalue weighted by Gasteiger charge is -2.43. The molecule has 2 N–H and O–H groups in total. The minimum absolute atomic E-state index is 0.104. The van der Waals surface area contributed by atoms with Crippen LogP contribution >= 0.6 is 0 Å². The van der Waals surface area contributed by atoms with E-state index in [1.165, 1.54) is 5.56 Å². The molecule has 0 amide bonds. The van der Waals surface area contributed by atoms with E-state index in [1.54, 1.807) is 0 Å². The molecule has 1 spiro atoms. The van der Waals surface area contributed by atoms with Crippen molar-refractivity contribution in [3.8, 4) is 0 Å². The van der Waals surface area contributed by atoms with E-state index in [0.717, 1.165) is 45.6 Å². The van der Waals surface area contributed by atoms with Gasteiger partial charge in [0, 0.05) is 31.6 Å². The summed E-state index contributed by atoms with van der Waals surface area (Å²) in [6.45, 7) is 5.07. The first-order valence-corrected chi connectivity index (χ1v) is 6.94. The van der Waals surface area contributed by atoms with Gasteiger partial charge in [0.25, 0.3) is 0 Å². The normalized spacial score (nSPS) is 33.1. The van der Waals surface area contributed by atoms with Gasteiger partial charge >= 0.3 is 0 Å². The Hall–Kier alpha value is -0.900. The third-order valence-electron chi connectivity index (χ3n) is 4.49. The van der Waals surface area contributed by atoms with Crippen molar-refractivity contribution in [1.29, 1.82) is 0 Å². The molecule has 2 atom stereocenters. The summed E-state index contributed by atoms with van der Waals surface area (Å²) in [5.41, 5.74) is 1.47. The Balaban J connectivity index is 1.68. The second kappa shape index (κ2) is 5.00. The maximum absolute atomic E-state index is 10.3. The van der Waals surface area contributed by atoms with E-state index in [1.807, 2.05) is 0 Å². The summed E-state index contributed by atoms with van der Waals surface area (Å²) in [4.78, 5) is 2.50. The summed E-state index contributed by atoms with van der Waals surface area (Å²) in [5.74, 6) is 0. The van der Waals surface area contributed by atoms with Crippen molar-refractivity contribution in [2.45, 2.75) is 25.5 Å². The Kier molecular flexibility index (Phi) is 3.37. The van der Waals surface area contributed by atoms with Gasteiger partial charge in [-0.25, -0.2) is 0 Å². The van der Waals surface area contributed by atoms with Crippen LogP contribution in [0.4, 0.5) is 0 Å². The zero-order chi connectivity index (χ0) is 12.4. The Morgan fingerprint density at radius 1 is 1.33 bits per heavy atom. The van der Waals surface area contributed by atoms with Crippen LogP contribution < -0.4 is 5.32 Å². The average molecular weight is 246 g/mol. The van der Waals surface area contributed by atoms with Crippen molar-refractivity contribution < 1.29 is 5.11 Å². The molecule has 3 heteroatoms. The minimum atomic E-state index is -0.125. The largest absolute Gasteiger partial charge is 0.392 e.